The molecule has 0 radical (unpaired) electrons. The first-order valence-corrected chi connectivity index (χ1v) is 4.14. The molecule has 2 aliphatic rings. The molecule has 2 N–H and O–H groups in total. The molecule has 0 bridgehead atoms. The summed E-state index contributed by atoms with van der Waals surface area (Å²) in [6, 6.07) is 0. The van der Waals surface area contributed by atoms with Crippen molar-refractivity contribution in [3.05, 3.63) is 0 Å². The molecule has 6 nitrogen and oxygen atoms in total. The fourth-order valence-corrected chi connectivity index (χ4v) is 1.50. The summed E-state index contributed by atoms with van der Waals surface area (Å²) in [6.07, 6.45) is -0.436. The molecule has 2 rings (SSSR count). The summed E-state index contributed by atoms with van der Waals surface area (Å²) in [5.74, 6) is -1.02. The van der Waals surface area contributed by atoms with Crippen molar-refractivity contribution in [3.63, 3.8) is 0 Å². The molecule has 0 saturated carbocycles. The van der Waals surface area contributed by atoms with Gasteiger partial charge in [0.2, 0.25) is 0 Å². The van der Waals surface area contributed by atoms with Crippen LogP contribution in [0.15, 0.2) is 0 Å². The second kappa shape index (κ2) is 2.88. The molecule has 0 aliphatic carbocycles. The van der Waals surface area contributed by atoms with Gasteiger partial charge in [0.25, 0.3) is 5.79 Å². The van der Waals surface area contributed by atoms with Gasteiger partial charge in [-0.1, -0.05) is 0 Å². The standard InChI is InChI=1S/C7H10N2O4/c10-5-9-6(11)13-7(12-5)1-3-8-4-2-7/h8H,1-4H2,(H,9,10,11). The van der Waals surface area contributed by atoms with Gasteiger partial charge in [0.1, 0.15) is 0 Å². The van der Waals surface area contributed by atoms with Gasteiger partial charge in [-0.15, -0.1) is 0 Å². The quantitative estimate of drug-likeness (QED) is 0.554. The highest BCUT2D eigenvalue weighted by molar-refractivity contribution is 5.89. The van der Waals surface area contributed by atoms with Crippen LogP contribution >= 0.6 is 0 Å². The third-order valence-corrected chi connectivity index (χ3v) is 2.13. The van der Waals surface area contributed by atoms with E-state index in [1.54, 1.807) is 0 Å². The number of piperidine rings is 1. The Hall–Kier alpha value is -1.30. The monoisotopic (exact) mass is 186 g/mol. The molecule has 72 valence electrons. The second-order valence-electron chi connectivity index (χ2n) is 3.06. The molecule has 2 heterocycles. The zero-order chi connectivity index (χ0) is 9.31. The average Bonchev–Trinajstić information content (AvgIpc) is 2.02. The molecular formula is C7H10N2O4. The average molecular weight is 186 g/mol. The van der Waals surface area contributed by atoms with Gasteiger partial charge in [0.05, 0.1) is 0 Å². The van der Waals surface area contributed by atoms with E-state index >= 15 is 0 Å². The number of ether oxygens (including phenoxy) is 2. The molecule has 2 saturated heterocycles. The van der Waals surface area contributed by atoms with Crippen LogP contribution in [-0.4, -0.2) is 31.1 Å². The maximum atomic E-state index is 10.9. The molecule has 13 heavy (non-hydrogen) atoms. The van der Waals surface area contributed by atoms with Crippen molar-refractivity contribution in [2.45, 2.75) is 18.6 Å². The Bertz CT molecular complexity index is 229. The first-order valence-electron chi connectivity index (χ1n) is 4.14. The van der Waals surface area contributed by atoms with E-state index < -0.39 is 18.0 Å². The SMILES string of the molecule is O=C1NC(=O)OC2(CCNCC2)O1. The summed E-state index contributed by atoms with van der Waals surface area (Å²) in [7, 11) is 0. The van der Waals surface area contributed by atoms with E-state index in [4.69, 9.17) is 9.47 Å². The summed E-state index contributed by atoms with van der Waals surface area (Å²) in [5.41, 5.74) is 0. The van der Waals surface area contributed by atoms with Crippen molar-refractivity contribution in [3.8, 4) is 0 Å². The predicted octanol–water partition coefficient (Wildman–Crippen LogP) is -0.0575. The maximum Gasteiger partial charge on any atom is 0.419 e. The summed E-state index contributed by atoms with van der Waals surface area (Å²) in [4.78, 5) is 21.8. The van der Waals surface area contributed by atoms with E-state index in [0.717, 1.165) is 0 Å². The van der Waals surface area contributed by atoms with Gasteiger partial charge < -0.3 is 14.8 Å². The van der Waals surface area contributed by atoms with E-state index in [1.807, 2.05) is 5.32 Å². The number of alkyl carbamates (subject to hydrolysis) is 2. The summed E-state index contributed by atoms with van der Waals surface area (Å²) < 4.78 is 9.90. The van der Waals surface area contributed by atoms with Crippen LogP contribution in [0.3, 0.4) is 0 Å². The topological polar surface area (TPSA) is 76.7 Å². The molecule has 2 aliphatic heterocycles. The van der Waals surface area contributed by atoms with Crippen molar-refractivity contribution in [1.82, 2.24) is 10.6 Å². The molecule has 0 aromatic carbocycles. The van der Waals surface area contributed by atoms with Crippen LogP contribution in [0, 0.1) is 0 Å². The van der Waals surface area contributed by atoms with E-state index in [1.165, 1.54) is 0 Å². The molecule has 0 aromatic rings. The van der Waals surface area contributed by atoms with Gasteiger partial charge in [0, 0.05) is 25.9 Å². The zero-order valence-electron chi connectivity index (χ0n) is 6.96. The Kier molecular flexibility index (Phi) is 1.84. The maximum absolute atomic E-state index is 10.9. The minimum absolute atomic E-state index is 0.506. The lowest BCUT2D eigenvalue weighted by molar-refractivity contribution is -0.189. The van der Waals surface area contributed by atoms with Crippen molar-refractivity contribution in [1.29, 1.82) is 0 Å². The van der Waals surface area contributed by atoms with Crippen molar-refractivity contribution >= 4 is 12.2 Å². The van der Waals surface area contributed by atoms with Gasteiger partial charge in [-0.3, -0.25) is 0 Å². The Balaban J connectivity index is 2.11. The number of amides is 2. The van der Waals surface area contributed by atoms with Crippen LogP contribution in [0.1, 0.15) is 12.8 Å². The number of hydrogen-bond donors (Lipinski definition) is 2. The van der Waals surface area contributed by atoms with Crippen molar-refractivity contribution < 1.29 is 19.1 Å². The number of imide groups is 1. The van der Waals surface area contributed by atoms with Gasteiger partial charge in [-0.25, -0.2) is 14.9 Å². The molecule has 6 heteroatoms. The van der Waals surface area contributed by atoms with Crippen LogP contribution in [0.25, 0.3) is 0 Å². The van der Waals surface area contributed by atoms with Crippen molar-refractivity contribution in [2.24, 2.45) is 0 Å². The van der Waals surface area contributed by atoms with Crippen LogP contribution in [-0.2, 0) is 9.47 Å². The van der Waals surface area contributed by atoms with Gasteiger partial charge in [-0.05, 0) is 0 Å². The minimum Gasteiger partial charge on any atom is -0.406 e. The molecule has 1 spiro atoms. The number of nitrogens with one attached hydrogen (secondary N) is 2. The normalized spacial score (nSPS) is 26.2. The Morgan fingerprint density at radius 1 is 1.08 bits per heavy atom. The first-order chi connectivity index (χ1) is 6.20. The number of carbonyl (C=O) groups is 2. The van der Waals surface area contributed by atoms with Crippen LogP contribution < -0.4 is 10.6 Å². The summed E-state index contributed by atoms with van der Waals surface area (Å²) in [6.45, 7) is 1.36. The lowest BCUT2D eigenvalue weighted by atomic mass is 10.1. The third kappa shape index (κ3) is 1.57. The lowest BCUT2D eigenvalue weighted by Crippen LogP contribution is -2.56. The lowest BCUT2D eigenvalue weighted by Gasteiger charge is -2.38. The Labute approximate surface area is 74.6 Å². The van der Waals surface area contributed by atoms with E-state index in [9.17, 15) is 9.59 Å². The van der Waals surface area contributed by atoms with Gasteiger partial charge >= 0.3 is 12.2 Å². The van der Waals surface area contributed by atoms with E-state index in [0.29, 0.717) is 25.9 Å². The number of carbonyl (C=O) groups excluding carboxylic acids is 2. The minimum atomic E-state index is -1.02. The molecule has 0 unspecified atom stereocenters. The fourth-order valence-electron chi connectivity index (χ4n) is 1.50. The number of hydrogen-bond acceptors (Lipinski definition) is 5. The molecule has 2 amide bonds. The summed E-state index contributed by atoms with van der Waals surface area (Å²) in [5, 5.41) is 4.99. The molecule has 0 aromatic heterocycles. The van der Waals surface area contributed by atoms with E-state index in [-0.39, 0.29) is 0 Å². The Morgan fingerprint density at radius 3 is 2.15 bits per heavy atom. The molecule has 0 atom stereocenters. The predicted molar refractivity (Wildman–Crippen MR) is 40.9 cm³/mol. The van der Waals surface area contributed by atoms with Crippen LogP contribution in [0.5, 0.6) is 0 Å². The highest BCUT2D eigenvalue weighted by atomic mass is 16.8. The zero-order valence-corrected chi connectivity index (χ0v) is 6.96. The highest BCUT2D eigenvalue weighted by Crippen LogP contribution is 2.27. The summed E-state index contributed by atoms with van der Waals surface area (Å²) >= 11 is 0. The smallest absolute Gasteiger partial charge is 0.406 e. The third-order valence-electron chi connectivity index (χ3n) is 2.13. The second-order valence-corrected chi connectivity index (χ2v) is 3.06. The largest absolute Gasteiger partial charge is 0.419 e. The fraction of sp³-hybridized carbons (Fsp3) is 0.714. The van der Waals surface area contributed by atoms with Crippen LogP contribution in [0.2, 0.25) is 0 Å². The van der Waals surface area contributed by atoms with Gasteiger partial charge in [-0.2, -0.15) is 0 Å². The Morgan fingerprint density at radius 2 is 1.62 bits per heavy atom. The van der Waals surface area contributed by atoms with Crippen molar-refractivity contribution in [2.75, 3.05) is 13.1 Å². The van der Waals surface area contributed by atoms with Crippen LogP contribution in [0.4, 0.5) is 9.59 Å². The molecular weight excluding hydrogens is 176 g/mol. The van der Waals surface area contributed by atoms with Gasteiger partial charge in [0.15, 0.2) is 0 Å². The van der Waals surface area contributed by atoms with E-state index in [2.05, 4.69) is 5.32 Å². The highest BCUT2D eigenvalue weighted by Gasteiger charge is 2.44. The molecule has 2 fully saturated rings. The first kappa shape index (κ1) is 8.31. The number of rotatable bonds is 0.